The molecule has 1 unspecified atom stereocenters. The van der Waals surface area contributed by atoms with Crippen LogP contribution in [-0.4, -0.2) is 23.9 Å². The first kappa shape index (κ1) is 17.3. The molecule has 1 aliphatic heterocycles. The quantitative estimate of drug-likeness (QED) is 0.723. The van der Waals surface area contributed by atoms with Crippen LogP contribution >= 0.6 is 23.2 Å². The molecule has 2 aromatic carbocycles. The van der Waals surface area contributed by atoms with E-state index in [-0.39, 0.29) is 5.91 Å². The van der Waals surface area contributed by atoms with Crippen LogP contribution < -0.4 is 0 Å². The van der Waals surface area contributed by atoms with Crippen LogP contribution in [-0.2, 0) is 11.2 Å². The fourth-order valence-electron chi connectivity index (χ4n) is 3.29. The van der Waals surface area contributed by atoms with E-state index >= 15 is 0 Å². The van der Waals surface area contributed by atoms with E-state index in [1.54, 1.807) is 0 Å². The molecule has 1 saturated heterocycles. The molecule has 2 aromatic rings. The van der Waals surface area contributed by atoms with Crippen molar-refractivity contribution >= 4 is 29.1 Å². The van der Waals surface area contributed by atoms with Crippen LogP contribution in [0.2, 0.25) is 10.0 Å². The van der Waals surface area contributed by atoms with Crippen LogP contribution in [0, 0.1) is 0 Å². The van der Waals surface area contributed by atoms with E-state index in [0.717, 1.165) is 42.9 Å². The lowest BCUT2D eigenvalue weighted by Gasteiger charge is -2.25. The van der Waals surface area contributed by atoms with Gasteiger partial charge in [0.25, 0.3) is 0 Å². The largest absolute Gasteiger partial charge is 0.342 e. The predicted octanol–water partition coefficient (Wildman–Crippen LogP) is 5.33. The maximum atomic E-state index is 12.7. The van der Waals surface area contributed by atoms with Gasteiger partial charge in [0.1, 0.15) is 0 Å². The molecular weight excluding hydrogens is 341 g/mol. The maximum absolute atomic E-state index is 12.7. The van der Waals surface area contributed by atoms with Crippen molar-refractivity contribution in [3.63, 3.8) is 0 Å². The smallest absolute Gasteiger partial charge is 0.227 e. The number of hydrogen-bond acceptors (Lipinski definition) is 1. The van der Waals surface area contributed by atoms with Crippen molar-refractivity contribution in [1.29, 1.82) is 0 Å². The first-order valence-corrected chi connectivity index (χ1v) is 9.16. The first-order chi connectivity index (χ1) is 11.6. The fourth-order valence-corrected chi connectivity index (χ4v) is 3.62. The number of nitrogens with zero attached hydrogens (tertiary/aromatic N) is 1. The Balaban J connectivity index is 1.71. The summed E-state index contributed by atoms with van der Waals surface area (Å²) in [6.07, 6.45) is 3.67. The summed E-state index contributed by atoms with van der Waals surface area (Å²) in [5.41, 5.74) is 2.16. The van der Waals surface area contributed by atoms with Gasteiger partial charge in [-0.2, -0.15) is 0 Å². The number of carbonyl (C=O) groups excluding carboxylic acids is 1. The lowest BCUT2D eigenvalue weighted by atomic mass is 9.94. The molecule has 0 aromatic heterocycles. The third kappa shape index (κ3) is 4.31. The second-order valence-electron chi connectivity index (χ2n) is 6.35. The van der Waals surface area contributed by atoms with Gasteiger partial charge in [-0.1, -0.05) is 60.0 Å². The van der Waals surface area contributed by atoms with E-state index in [0.29, 0.717) is 17.4 Å². The fraction of sp³-hybridized carbons (Fsp3) is 0.350. The molecule has 0 spiro atoms. The summed E-state index contributed by atoms with van der Waals surface area (Å²) in [4.78, 5) is 14.7. The van der Waals surface area contributed by atoms with Crippen LogP contribution in [0.3, 0.4) is 0 Å². The maximum Gasteiger partial charge on any atom is 0.227 e. The summed E-state index contributed by atoms with van der Waals surface area (Å²) < 4.78 is 0. The zero-order chi connectivity index (χ0) is 16.9. The van der Waals surface area contributed by atoms with E-state index in [1.165, 1.54) is 5.56 Å². The standard InChI is InChI=1S/C20H21Cl2NO/c21-18-10-8-15(9-11-18)17-6-3-4-12-23(14-17)20(24)13-16-5-1-2-7-19(16)22/h1-2,5,7-11,17H,3-4,6,12-14H2. The highest BCUT2D eigenvalue weighted by molar-refractivity contribution is 6.31. The Kier molecular flexibility index (Phi) is 5.80. The summed E-state index contributed by atoms with van der Waals surface area (Å²) >= 11 is 12.2. The molecule has 2 nitrogen and oxygen atoms in total. The Bertz CT molecular complexity index is 699. The number of carbonyl (C=O) groups is 1. The third-order valence-corrected chi connectivity index (χ3v) is 5.29. The normalized spacial score (nSPS) is 18.2. The Morgan fingerprint density at radius 3 is 2.54 bits per heavy atom. The minimum absolute atomic E-state index is 0.156. The summed E-state index contributed by atoms with van der Waals surface area (Å²) in [7, 11) is 0. The van der Waals surface area contributed by atoms with E-state index in [2.05, 4.69) is 12.1 Å². The number of halogens is 2. The van der Waals surface area contributed by atoms with Gasteiger partial charge < -0.3 is 4.90 Å². The third-order valence-electron chi connectivity index (χ3n) is 4.67. The minimum atomic E-state index is 0.156. The van der Waals surface area contributed by atoms with Gasteiger partial charge in [-0.15, -0.1) is 0 Å². The molecule has 0 N–H and O–H groups in total. The first-order valence-electron chi connectivity index (χ1n) is 8.40. The topological polar surface area (TPSA) is 20.3 Å². The number of benzene rings is 2. The van der Waals surface area contributed by atoms with Gasteiger partial charge in [0, 0.05) is 29.1 Å². The summed E-state index contributed by atoms with van der Waals surface area (Å²) in [5.74, 6) is 0.531. The van der Waals surface area contributed by atoms with Gasteiger partial charge in [-0.3, -0.25) is 4.79 Å². The van der Waals surface area contributed by atoms with Crippen LogP contribution in [0.15, 0.2) is 48.5 Å². The van der Waals surface area contributed by atoms with Crippen molar-refractivity contribution in [2.45, 2.75) is 31.6 Å². The van der Waals surface area contributed by atoms with Gasteiger partial charge in [0.15, 0.2) is 0 Å². The van der Waals surface area contributed by atoms with E-state index in [1.807, 2.05) is 41.3 Å². The monoisotopic (exact) mass is 361 g/mol. The highest BCUT2D eigenvalue weighted by Gasteiger charge is 2.23. The van der Waals surface area contributed by atoms with E-state index < -0.39 is 0 Å². The molecule has 0 aliphatic carbocycles. The number of amides is 1. The molecule has 1 atom stereocenters. The zero-order valence-electron chi connectivity index (χ0n) is 13.6. The van der Waals surface area contributed by atoms with Gasteiger partial charge in [0.05, 0.1) is 6.42 Å². The molecule has 1 heterocycles. The Morgan fingerprint density at radius 2 is 1.79 bits per heavy atom. The van der Waals surface area contributed by atoms with Crippen molar-refractivity contribution in [3.8, 4) is 0 Å². The lowest BCUT2D eigenvalue weighted by molar-refractivity contribution is -0.130. The predicted molar refractivity (Wildman–Crippen MR) is 99.8 cm³/mol. The molecule has 1 fully saturated rings. The van der Waals surface area contributed by atoms with Crippen LogP contribution in [0.4, 0.5) is 0 Å². The molecule has 4 heteroatoms. The average molecular weight is 362 g/mol. The van der Waals surface area contributed by atoms with Crippen molar-refractivity contribution in [2.75, 3.05) is 13.1 Å². The number of hydrogen-bond donors (Lipinski definition) is 0. The molecule has 1 aliphatic rings. The Labute approximate surface area is 153 Å². The second-order valence-corrected chi connectivity index (χ2v) is 7.20. The van der Waals surface area contributed by atoms with Gasteiger partial charge in [-0.05, 0) is 42.2 Å². The molecule has 0 saturated carbocycles. The van der Waals surface area contributed by atoms with Crippen LogP contribution in [0.5, 0.6) is 0 Å². The minimum Gasteiger partial charge on any atom is -0.342 e. The molecule has 0 radical (unpaired) electrons. The van der Waals surface area contributed by atoms with Crippen molar-refractivity contribution in [3.05, 3.63) is 69.7 Å². The summed E-state index contributed by atoms with van der Waals surface area (Å²) in [6, 6.07) is 15.6. The van der Waals surface area contributed by atoms with Gasteiger partial charge in [-0.25, -0.2) is 0 Å². The van der Waals surface area contributed by atoms with Crippen LogP contribution in [0.1, 0.15) is 36.3 Å². The van der Waals surface area contributed by atoms with Crippen LogP contribution in [0.25, 0.3) is 0 Å². The van der Waals surface area contributed by atoms with Crippen molar-refractivity contribution < 1.29 is 4.79 Å². The van der Waals surface area contributed by atoms with E-state index in [9.17, 15) is 4.79 Å². The molecule has 126 valence electrons. The Morgan fingerprint density at radius 1 is 1.04 bits per heavy atom. The summed E-state index contributed by atoms with van der Waals surface area (Å²) in [6.45, 7) is 1.60. The molecule has 3 rings (SSSR count). The molecule has 24 heavy (non-hydrogen) atoms. The second kappa shape index (κ2) is 8.04. The van der Waals surface area contributed by atoms with Gasteiger partial charge in [0.2, 0.25) is 5.91 Å². The van der Waals surface area contributed by atoms with Crippen molar-refractivity contribution in [1.82, 2.24) is 4.90 Å². The van der Waals surface area contributed by atoms with Crippen molar-refractivity contribution in [2.24, 2.45) is 0 Å². The lowest BCUT2D eigenvalue weighted by Crippen LogP contribution is -2.35. The average Bonchev–Trinajstić information content (AvgIpc) is 2.84. The number of rotatable bonds is 3. The zero-order valence-corrected chi connectivity index (χ0v) is 15.1. The Hall–Kier alpha value is -1.51. The van der Waals surface area contributed by atoms with Gasteiger partial charge >= 0.3 is 0 Å². The van der Waals surface area contributed by atoms with E-state index in [4.69, 9.17) is 23.2 Å². The highest BCUT2D eigenvalue weighted by atomic mass is 35.5. The SMILES string of the molecule is O=C(Cc1ccccc1Cl)N1CCCCC(c2ccc(Cl)cc2)C1. The molecular formula is C20H21Cl2NO. The molecule has 1 amide bonds. The molecule has 0 bridgehead atoms. The summed E-state index contributed by atoms with van der Waals surface area (Å²) in [5, 5.41) is 1.41. The number of likely N-dealkylation sites (tertiary alicyclic amines) is 1. The highest BCUT2D eigenvalue weighted by Crippen LogP contribution is 2.28.